The van der Waals surface area contributed by atoms with E-state index in [9.17, 15) is 87.8 Å². The summed E-state index contributed by atoms with van der Waals surface area (Å²) in [6.07, 6.45) is -6.54. The summed E-state index contributed by atoms with van der Waals surface area (Å²) < 4.78 is 261. The van der Waals surface area contributed by atoms with Crippen LogP contribution in [0.15, 0.2) is 0 Å². The van der Waals surface area contributed by atoms with Crippen molar-refractivity contribution < 1.29 is 91.5 Å². The van der Waals surface area contributed by atoms with Crippen molar-refractivity contribution in [2.75, 3.05) is 5.75 Å². The summed E-state index contributed by atoms with van der Waals surface area (Å²) in [5, 5.41) is -10.6. The van der Waals surface area contributed by atoms with Crippen molar-refractivity contribution in [2.45, 2.75) is 111 Å². The van der Waals surface area contributed by atoms with Crippen LogP contribution >= 0.6 is 10.3 Å². The fourth-order valence-corrected chi connectivity index (χ4v) is 10.2. The Balaban J connectivity index is 3.77. The van der Waals surface area contributed by atoms with E-state index in [2.05, 4.69) is 3.63 Å². The first kappa shape index (κ1) is 40.8. The molecule has 1 aliphatic rings. The van der Waals surface area contributed by atoms with Crippen LogP contribution in [0.5, 0.6) is 0 Å². The molecule has 1 aliphatic carbocycles. The van der Waals surface area contributed by atoms with Crippen molar-refractivity contribution in [3.05, 3.63) is 0 Å². The van der Waals surface area contributed by atoms with Gasteiger partial charge in [0, 0.05) is 16.4 Å². The second-order valence-corrected chi connectivity index (χ2v) is 16.2. The molecule has 1 saturated carbocycles. The summed E-state index contributed by atoms with van der Waals surface area (Å²) in [5.41, 5.74) is 0. The fraction of sp³-hybridized carbons (Fsp3) is 0.952. The highest BCUT2D eigenvalue weighted by molar-refractivity contribution is 8.34. The predicted molar refractivity (Wildman–Crippen MR) is 120 cm³/mol. The van der Waals surface area contributed by atoms with E-state index in [-0.39, 0.29) is 12.8 Å². The quantitative estimate of drug-likeness (QED) is 0.168. The third kappa shape index (κ3) is 5.86. The van der Waals surface area contributed by atoms with Crippen LogP contribution in [-0.4, -0.2) is 77.4 Å². The van der Waals surface area contributed by atoms with Crippen LogP contribution in [0.3, 0.4) is 0 Å². The van der Waals surface area contributed by atoms with Gasteiger partial charge in [0.1, 0.15) is 5.78 Å². The highest BCUT2D eigenvalue weighted by atomic mass is 32.3. The van der Waals surface area contributed by atoms with Crippen LogP contribution in [0.25, 0.3) is 0 Å². The van der Waals surface area contributed by atoms with Crippen LogP contribution in [0, 0.1) is 5.92 Å². The minimum absolute atomic E-state index is 0.207. The first-order valence-corrected chi connectivity index (χ1v) is 15.3. The van der Waals surface area contributed by atoms with E-state index in [0.29, 0.717) is 12.8 Å². The van der Waals surface area contributed by atoms with Gasteiger partial charge in [0.05, 0.1) is 5.75 Å². The molecule has 0 aromatic heterocycles. The molecule has 0 spiro atoms. The lowest BCUT2D eigenvalue weighted by Gasteiger charge is -2.47. The maximum atomic E-state index is 14.7. The van der Waals surface area contributed by atoms with Crippen molar-refractivity contribution >= 4 is 26.2 Å². The number of rotatable bonds is 14. The minimum Gasteiger partial charge on any atom is -0.298 e. The summed E-state index contributed by atoms with van der Waals surface area (Å²) >= 11 is 0. The van der Waals surface area contributed by atoms with Crippen LogP contribution in [0.2, 0.25) is 0 Å². The molecule has 264 valence electrons. The van der Waals surface area contributed by atoms with E-state index in [4.69, 9.17) is 0 Å². The lowest BCUT2D eigenvalue weighted by atomic mass is 9.91. The van der Waals surface area contributed by atoms with E-state index in [1.54, 1.807) is 0 Å². The molecule has 0 radical (unpaired) electrons. The van der Waals surface area contributed by atoms with Crippen molar-refractivity contribution in [1.82, 2.24) is 0 Å². The molecule has 44 heavy (non-hydrogen) atoms. The molecule has 0 atom stereocenters. The summed E-state index contributed by atoms with van der Waals surface area (Å²) in [5.74, 6) is -54.9. The Morgan fingerprint density at radius 3 is 1.25 bits per heavy atom. The molecule has 0 heterocycles. The number of hydrogen-bond donors (Lipinski definition) is 0. The van der Waals surface area contributed by atoms with Crippen molar-refractivity contribution in [3.8, 4) is 0 Å². The number of Topliss-reactive ketones (excluding diaryl/α,β-unsaturated/α-hetero) is 1. The molecule has 0 amide bonds. The normalized spacial score (nSPS) is 18.4. The van der Waals surface area contributed by atoms with E-state index >= 15 is 0 Å². The predicted octanol–water partition coefficient (Wildman–Crippen LogP) is 8.60. The number of halogens is 17. The van der Waals surface area contributed by atoms with Crippen LogP contribution in [0.1, 0.15) is 53.4 Å². The van der Waals surface area contributed by atoms with Crippen LogP contribution in [0.4, 0.5) is 74.6 Å². The maximum absolute atomic E-state index is 14.7. The van der Waals surface area contributed by atoms with Gasteiger partial charge in [0.15, 0.2) is 0 Å². The van der Waals surface area contributed by atoms with Crippen molar-refractivity contribution in [2.24, 2.45) is 5.92 Å². The van der Waals surface area contributed by atoms with E-state index in [0.717, 1.165) is 27.7 Å². The SMILES string of the molecule is CC(C)S(CC(=O)C1CCCC1)(OS(=O)(=O)C(F)(F)C(F)(F)C(F)(F)C(F)(F)C(F)(F)C(F)(F)C(F)(F)C(F)(F)F)C(C)C. The molecule has 0 saturated heterocycles. The van der Waals surface area contributed by atoms with Gasteiger partial charge in [-0.2, -0.15) is 83.1 Å². The van der Waals surface area contributed by atoms with E-state index in [1.807, 2.05) is 0 Å². The molecular formula is C21H25F17O4S2. The van der Waals surface area contributed by atoms with Gasteiger partial charge in [0.2, 0.25) is 0 Å². The van der Waals surface area contributed by atoms with Crippen LogP contribution < -0.4 is 0 Å². The first-order valence-electron chi connectivity index (χ1n) is 12.1. The molecule has 0 aliphatic heterocycles. The van der Waals surface area contributed by atoms with Gasteiger partial charge >= 0.3 is 57.1 Å². The molecule has 1 fully saturated rings. The Bertz CT molecular complexity index is 1150. The summed E-state index contributed by atoms with van der Waals surface area (Å²) in [4.78, 5) is 12.7. The van der Waals surface area contributed by atoms with Gasteiger partial charge in [-0.3, -0.25) is 4.79 Å². The molecule has 0 aromatic rings. The summed E-state index contributed by atoms with van der Waals surface area (Å²) in [6, 6.07) is 0. The van der Waals surface area contributed by atoms with Gasteiger partial charge in [-0.15, -0.1) is 10.3 Å². The van der Waals surface area contributed by atoms with Gasteiger partial charge in [-0.25, -0.2) is 3.63 Å². The van der Waals surface area contributed by atoms with Crippen LogP contribution in [-0.2, 0) is 18.5 Å². The highest BCUT2D eigenvalue weighted by Gasteiger charge is 2.96. The average molecular weight is 729 g/mol. The third-order valence-electron chi connectivity index (χ3n) is 7.00. The average Bonchev–Trinajstić information content (AvgIpc) is 3.36. The smallest absolute Gasteiger partial charge is 0.298 e. The van der Waals surface area contributed by atoms with E-state index < -0.39 is 95.3 Å². The summed E-state index contributed by atoms with van der Waals surface area (Å²) in [7, 11) is -11.8. The molecule has 1 rings (SSSR count). The molecule has 0 bridgehead atoms. The molecule has 0 unspecified atom stereocenters. The molecule has 23 heteroatoms. The minimum atomic E-state index is -8.93. The molecule has 0 aromatic carbocycles. The monoisotopic (exact) mass is 728 g/mol. The lowest BCUT2D eigenvalue weighted by molar-refractivity contribution is -0.458. The standard InChI is InChI=1S/C21H25F17O4S2/c1-10(2)43(11(3)4,9-13(39)12-7-5-6-8-12)42-44(40,41)21(37,38)19(32,33)17(28,29)15(24,25)14(22,23)16(26,27)18(30,31)20(34,35)36/h10-12H,5-9H2,1-4H3. The van der Waals surface area contributed by atoms with E-state index in [1.165, 1.54) is 0 Å². The Kier molecular flexibility index (Phi) is 10.9. The second-order valence-electron chi connectivity index (χ2n) is 10.5. The van der Waals surface area contributed by atoms with Crippen molar-refractivity contribution in [3.63, 3.8) is 0 Å². The van der Waals surface area contributed by atoms with Gasteiger partial charge in [-0.05, 0) is 12.8 Å². The van der Waals surface area contributed by atoms with Gasteiger partial charge in [-0.1, -0.05) is 40.5 Å². The zero-order valence-corrected chi connectivity index (χ0v) is 24.3. The topological polar surface area (TPSA) is 60.4 Å². The molecule has 4 nitrogen and oxygen atoms in total. The zero-order valence-electron chi connectivity index (χ0n) is 22.6. The maximum Gasteiger partial charge on any atom is 0.460 e. The Morgan fingerprint density at radius 2 is 0.932 bits per heavy atom. The number of ketones is 1. The molecule has 0 N–H and O–H groups in total. The summed E-state index contributed by atoms with van der Waals surface area (Å²) in [6.45, 7) is 3.98. The third-order valence-corrected chi connectivity index (χ3v) is 13.5. The highest BCUT2D eigenvalue weighted by Crippen LogP contribution is 2.66. The number of alkyl halides is 17. The first-order chi connectivity index (χ1) is 19.1. The largest absolute Gasteiger partial charge is 0.460 e. The number of carbonyl (C=O) groups excluding carboxylic acids is 1. The Hall–Kier alpha value is -1.26. The number of hydrogen-bond acceptors (Lipinski definition) is 4. The number of carbonyl (C=O) groups is 1. The lowest BCUT2D eigenvalue weighted by Crippen LogP contribution is -2.75. The fourth-order valence-electron chi connectivity index (χ4n) is 4.16. The van der Waals surface area contributed by atoms with Gasteiger partial charge in [0.25, 0.3) is 0 Å². The Morgan fingerprint density at radius 1 is 0.614 bits per heavy atom. The van der Waals surface area contributed by atoms with Gasteiger partial charge < -0.3 is 0 Å². The second kappa shape index (κ2) is 11.8. The Labute approximate surface area is 240 Å². The zero-order chi connectivity index (χ0) is 35.6. The molecular weight excluding hydrogens is 703 g/mol. The van der Waals surface area contributed by atoms with Crippen molar-refractivity contribution in [1.29, 1.82) is 0 Å².